The Hall–Kier alpha value is -0.240. The summed E-state index contributed by atoms with van der Waals surface area (Å²) in [6, 6.07) is 0. The maximum Gasteiger partial charge on any atom is 0.0204 e. The standard InChI is InChI=1S/C5H9NS/c1-4-7-6-5(2)3/h4H,1H2,2-3H3. The van der Waals surface area contributed by atoms with Crippen LogP contribution >= 0.6 is 11.9 Å². The molecule has 1 nitrogen and oxygen atoms in total. The van der Waals surface area contributed by atoms with Gasteiger partial charge in [0, 0.05) is 17.7 Å². The molecule has 0 fully saturated rings. The molecule has 0 amide bonds. The zero-order valence-corrected chi connectivity index (χ0v) is 5.46. The van der Waals surface area contributed by atoms with Gasteiger partial charge in [-0.1, -0.05) is 6.58 Å². The molecule has 0 unspecified atom stereocenters. The Kier molecular flexibility index (Phi) is 3.80. The van der Waals surface area contributed by atoms with Gasteiger partial charge in [-0.3, -0.25) is 0 Å². The Bertz CT molecular complexity index is 82.1. The van der Waals surface area contributed by atoms with Crippen molar-refractivity contribution in [3.05, 3.63) is 12.0 Å². The fraction of sp³-hybridized carbons (Fsp3) is 0.400. The molecule has 0 rings (SSSR count). The van der Waals surface area contributed by atoms with Crippen LogP contribution in [0.15, 0.2) is 16.4 Å². The average Bonchev–Trinajstić information content (AvgIpc) is 1.61. The van der Waals surface area contributed by atoms with Gasteiger partial charge in [-0.2, -0.15) is 0 Å². The van der Waals surface area contributed by atoms with Crippen LogP contribution in [0.25, 0.3) is 0 Å². The lowest BCUT2D eigenvalue weighted by atomic mass is 10.5. The molecular formula is C5H9NS. The van der Waals surface area contributed by atoms with Crippen LogP contribution in [0, 0.1) is 0 Å². The first-order chi connectivity index (χ1) is 3.27. The van der Waals surface area contributed by atoms with Crippen LogP contribution in [0.5, 0.6) is 0 Å². The molecule has 0 aromatic carbocycles. The normalized spacial score (nSPS) is 7.71. The van der Waals surface area contributed by atoms with Gasteiger partial charge in [0.2, 0.25) is 0 Å². The van der Waals surface area contributed by atoms with Crippen LogP contribution in [-0.2, 0) is 0 Å². The second-order valence-corrected chi connectivity index (χ2v) is 2.04. The van der Waals surface area contributed by atoms with Crippen LogP contribution < -0.4 is 0 Å². The molecule has 7 heavy (non-hydrogen) atoms. The molecule has 0 saturated heterocycles. The van der Waals surface area contributed by atoms with Gasteiger partial charge < -0.3 is 0 Å². The SMILES string of the molecule is C=CSN=C(C)C. The van der Waals surface area contributed by atoms with Crippen LogP contribution in [0.3, 0.4) is 0 Å². The van der Waals surface area contributed by atoms with E-state index in [4.69, 9.17) is 0 Å². The number of hydrogen-bond donors (Lipinski definition) is 0. The molecule has 2 heteroatoms. The van der Waals surface area contributed by atoms with Crippen LogP contribution in [0.2, 0.25) is 0 Å². The lowest BCUT2D eigenvalue weighted by Gasteiger charge is -1.81. The van der Waals surface area contributed by atoms with E-state index in [1.807, 2.05) is 13.8 Å². The van der Waals surface area contributed by atoms with Gasteiger partial charge in [0.1, 0.15) is 0 Å². The quantitative estimate of drug-likeness (QED) is 0.397. The van der Waals surface area contributed by atoms with Crippen molar-refractivity contribution in [2.75, 3.05) is 0 Å². The third-order valence-electron chi connectivity index (χ3n) is 0.310. The minimum atomic E-state index is 1.07. The van der Waals surface area contributed by atoms with Crippen molar-refractivity contribution in [3.8, 4) is 0 Å². The molecule has 0 bridgehead atoms. The molecule has 0 radical (unpaired) electrons. The maximum atomic E-state index is 3.96. The van der Waals surface area contributed by atoms with Crippen molar-refractivity contribution in [3.63, 3.8) is 0 Å². The molecule has 0 saturated carbocycles. The van der Waals surface area contributed by atoms with Gasteiger partial charge in [0.25, 0.3) is 0 Å². The van der Waals surface area contributed by atoms with E-state index in [2.05, 4.69) is 11.0 Å². The van der Waals surface area contributed by atoms with E-state index in [9.17, 15) is 0 Å². The van der Waals surface area contributed by atoms with Crippen LogP contribution in [0.4, 0.5) is 0 Å². The molecule has 0 aliphatic heterocycles. The minimum Gasteiger partial charge on any atom is -0.222 e. The van der Waals surface area contributed by atoms with Crippen molar-refractivity contribution < 1.29 is 0 Å². The highest BCUT2D eigenvalue weighted by Gasteiger charge is 1.71. The fourth-order valence-corrected chi connectivity index (χ4v) is 0.428. The third-order valence-corrected chi connectivity index (χ3v) is 0.929. The number of nitrogens with zero attached hydrogens (tertiary/aromatic N) is 1. The van der Waals surface area contributed by atoms with Crippen LogP contribution in [-0.4, -0.2) is 5.71 Å². The summed E-state index contributed by atoms with van der Waals surface area (Å²) in [6.45, 7) is 7.40. The van der Waals surface area contributed by atoms with E-state index in [1.54, 1.807) is 5.41 Å². The second-order valence-electron chi connectivity index (χ2n) is 1.31. The van der Waals surface area contributed by atoms with Crippen molar-refractivity contribution in [1.29, 1.82) is 0 Å². The second kappa shape index (κ2) is 3.93. The predicted octanol–water partition coefficient (Wildman–Crippen LogP) is 2.26. The number of hydrogen-bond acceptors (Lipinski definition) is 2. The summed E-state index contributed by atoms with van der Waals surface area (Å²) in [5.41, 5.74) is 1.07. The molecule has 0 aliphatic carbocycles. The summed E-state index contributed by atoms with van der Waals surface area (Å²) in [5, 5.41) is 1.70. The van der Waals surface area contributed by atoms with Crippen molar-refractivity contribution >= 4 is 17.7 Å². The Morgan fingerprint density at radius 3 is 2.43 bits per heavy atom. The van der Waals surface area contributed by atoms with Crippen molar-refractivity contribution in [2.45, 2.75) is 13.8 Å². The van der Waals surface area contributed by atoms with E-state index >= 15 is 0 Å². The van der Waals surface area contributed by atoms with E-state index in [0.717, 1.165) is 5.71 Å². The highest BCUT2D eigenvalue weighted by Crippen LogP contribution is 2.00. The van der Waals surface area contributed by atoms with Gasteiger partial charge in [-0.25, -0.2) is 4.40 Å². The first-order valence-electron chi connectivity index (χ1n) is 2.05. The van der Waals surface area contributed by atoms with Gasteiger partial charge >= 0.3 is 0 Å². The molecule has 0 aromatic heterocycles. The molecule has 0 heterocycles. The van der Waals surface area contributed by atoms with Gasteiger partial charge in [0.15, 0.2) is 0 Å². The van der Waals surface area contributed by atoms with E-state index in [0.29, 0.717) is 0 Å². The summed E-state index contributed by atoms with van der Waals surface area (Å²) in [6.07, 6.45) is 0. The van der Waals surface area contributed by atoms with E-state index < -0.39 is 0 Å². The Morgan fingerprint density at radius 2 is 2.29 bits per heavy atom. The topological polar surface area (TPSA) is 12.4 Å². The molecule has 0 N–H and O–H groups in total. The molecule has 0 aliphatic rings. The zero-order chi connectivity index (χ0) is 5.70. The monoisotopic (exact) mass is 115 g/mol. The third kappa shape index (κ3) is 5.76. The van der Waals surface area contributed by atoms with Gasteiger partial charge in [0.05, 0.1) is 0 Å². The lowest BCUT2D eigenvalue weighted by molar-refractivity contribution is 1.68. The minimum absolute atomic E-state index is 1.07. The van der Waals surface area contributed by atoms with Crippen molar-refractivity contribution in [2.24, 2.45) is 4.40 Å². The molecule has 0 spiro atoms. The predicted molar refractivity (Wildman–Crippen MR) is 36.6 cm³/mol. The molecule has 0 atom stereocenters. The first-order valence-corrected chi connectivity index (χ1v) is 2.89. The number of rotatable bonds is 2. The van der Waals surface area contributed by atoms with Gasteiger partial charge in [-0.05, 0) is 19.3 Å². The Morgan fingerprint density at radius 1 is 1.71 bits per heavy atom. The molecular weight excluding hydrogens is 106 g/mol. The summed E-state index contributed by atoms with van der Waals surface area (Å²) in [7, 11) is 0. The average molecular weight is 115 g/mol. The molecule has 40 valence electrons. The van der Waals surface area contributed by atoms with Gasteiger partial charge in [-0.15, -0.1) is 0 Å². The van der Waals surface area contributed by atoms with Crippen molar-refractivity contribution in [1.82, 2.24) is 0 Å². The molecule has 0 aromatic rings. The lowest BCUT2D eigenvalue weighted by Crippen LogP contribution is -1.72. The maximum absolute atomic E-state index is 3.96. The first kappa shape index (κ1) is 6.76. The Labute approximate surface area is 48.7 Å². The fourth-order valence-electron chi connectivity index (χ4n) is 0.143. The summed E-state index contributed by atoms with van der Waals surface area (Å²) < 4.78 is 3.96. The van der Waals surface area contributed by atoms with E-state index in [-0.39, 0.29) is 0 Å². The summed E-state index contributed by atoms with van der Waals surface area (Å²) in [5.74, 6) is 0. The largest absolute Gasteiger partial charge is 0.222 e. The summed E-state index contributed by atoms with van der Waals surface area (Å²) >= 11 is 1.37. The zero-order valence-electron chi connectivity index (χ0n) is 4.64. The highest BCUT2D eigenvalue weighted by atomic mass is 32.2. The highest BCUT2D eigenvalue weighted by molar-refractivity contribution is 8.01. The smallest absolute Gasteiger partial charge is 0.0204 e. The van der Waals surface area contributed by atoms with E-state index in [1.165, 1.54) is 11.9 Å². The Balaban J connectivity index is 3.25. The summed E-state index contributed by atoms with van der Waals surface area (Å²) in [4.78, 5) is 0. The van der Waals surface area contributed by atoms with Crippen LogP contribution in [0.1, 0.15) is 13.8 Å².